The van der Waals surface area contributed by atoms with Crippen LogP contribution < -0.4 is 5.32 Å². The lowest BCUT2D eigenvalue weighted by atomic mass is 10.2. The molecule has 19 heavy (non-hydrogen) atoms. The lowest BCUT2D eigenvalue weighted by Gasteiger charge is -2.19. The summed E-state index contributed by atoms with van der Waals surface area (Å²) >= 11 is 3.39. The number of hydrogen-bond donors (Lipinski definition) is 1. The Morgan fingerprint density at radius 1 is 1.32 bits per heavy atom. The van der Waals surface area contributed by atoms with Gasteiger partial charge in [0.15, 0.2) is 0 Å². The van der Waals surface area contributed by atoms with Crippen molar-refractivity contribution in [3.05, 3.63) is 34.9 Å². The van der Waals surface area contributed by atoms with E-state index in [1.807, 2.05) is 45.0 Å². The summed E-state index contributed by atoms with van der Waals surface area (Å²) in [5.41, 5.74) is 0.965. The van der Waals surface area contributed by atoms with Gasteiger partial charge in [0.05, 0.1) is 17.4 Å². The van der Waals surface area contributed by atoms with Crippen LogP contribution in [-0.4, -0.2) is 16.7 Å². The van der Waals surface area contributed by atoms with Gasteiger partial charge in [0.1, 0.15) is 5.60 Å². The minimum Gasteiger partial charge on any atom is -0.444 e. The molecule has 2 rings (SSSR count). The second-order valence-corrected chi connectivity index (χ2v) is 6.10. The summed E-state index contributed by atoms with van der Waals surface area (Å²) in [4.78, 5) is 15.9. The van der Waals surface area contributed by atoms with Crippen molar-refractivity contribution in [3.8, 4) is 0 Å². The molecule has 5 heteroatoms. The van der Waals surface area contributed by atoms with E-state index in [2.05, 4.69) is 26.2 Å². The minimum atomic E-state index is -0.515. The number of hydrogen-bond acceptors (Lipinski definition) is 3. The van der Waals surface area contributed by atoms with Gasteiger partial charge in [-0.25, -0.2) is 4.79 Å². The summed E-state index contributed by atoms with van der Waals surface area (Å²) in [6, 6.07) is 7.65. The fourth-order valence-electron chi connectivity index (χ4n) is 1.58. The molecule has 1 N–H and O–H groups in total. The summed E-state index contributed by atoms with van der Waals surface area (Å²) < 4.78 is 6.16. The van der Waals surface area contributed by atoms with E-state index < -0.39 is 11.7 Å². The van der Waals surface area contributed by atoms with E-state index >= 15 is 0 Å². The van der Waals surface area contributed by atoms with Crippen LogP contribution in [0.15, 0.2) is 34.9 Å². The molecule has 0 aliphatic rings. The van der Waals surface area contributed by atoms with Gasteiger partial charge in [-0.05, 0) is 39.0 Å². The molecule has 0 bridgehead atoms. The zero-order valence-corrected chi connectivity index (χ0v) is 12.6. The molecule has 4 nitrogen and oxygen atoms in total. The Balaban J connectivity index is 2.18. The van der Waals surface area contributed by atoms with Gasteiger partial charge >= 0.3 is 6.09 Å². The number of anilines is 1. The molecule has 100 valence electrons. The van der Waals surface area contributed by atoms with Crippen LogP contribution in [0.4, 0.5) is 10.5 Å². The van der Waals surface area contributed by atoms with E-state index in [9.17, 15) is 4.79 Å². The highest BCUT2D eigenvalue weighted by atomic mass is 79.9. The quantitative estimate of drug-likeness (QED) is 0.849. The van der Waals surface area contributed by atoms with E-state index in [1.165, 1.54) is 0 Å². The van der Waals surface area contributed by atoms with Crippen LogP contribution >= 0.6 is 15.9 Å². The predicted octanol–water partition coefficient (Wildman–Crippen LogP) is 4.34. The third-order valence-electron chi connectivity index (χ3n) is 2.29. The molecule has 1 amide bonds. The second kappa shape index (κ2) is 5.17. The zero-order valence-electron chi connectivity index (χ0n) is 11.0. The molecular formula is C14H15BrN2O2. The van der Waals surface area contributed by atoms with Crippen LogP contribution in [0.25, 0.3) is 10.9 Å². The highest BCUT2D eigenvalue weighted by molar-refractivity contribution is 9.10. The molecule has 0 unspecified atom stereocenters. The SMILES string of the molecule is CC(C)(C)OC(=O)Nc1cnc2cc(Br)ccc2c1. The van der Waals surface area contributed by atoms with Crippen LogP contribution in [0, 0.1) is 0 Å². The van der Waals surface area contributed by atoms with Crippen LogP contribution in [0.1, 0.15) is 20.8 Å². The Morgan fingerprint density at radius 2 is 2.05 bits per heavy atom. The molecule has 0 radical (unpaired) electrons. The molecular weight excluding hydrogens is 308 g/mol. The van der Waals surface area contributed by atoms with E-state index in [0.29, 0.717) is 5.69 Å². The minimum absolute atomic E-state index is 0.481. The van der Waals surface area contributed by atoms with Gasteiger partial charge in [0, 0.05) is 9.86 Å². The smallest absolute Gasteiger partial charge is 0.412 e. The first-order valence-electron chi connectivity index (χ1n) is 5.89. The van der Waals surface area contributed by atoms with Crippen molar-refractivity contribution in [3.63, 3.8) is 0 Å². The number of benzene rings is 1. The fourth-order valence-corrected chi connectivity index (χ4v) is 1.93. The number of nitrogens with zero attached hydrogens (tertiary/aromatic N) is 1. The average molecular weight is 323 g/mol. The van der Waals surface area contributed by atoms with Gasteiger partial charge in [-0.2, -0.15) is 0 Å². The molecule has 1 aromatic heterocycles. The summed E-state index contributed by atoms with van der Waals surface area (Å²) in [6.07, 6.45) is 1.13. The maximum atomic E-state index is 11.6. The highest BCUT2D eigenvalue weighted by Gasteiger charge is 2.16. The molecule has 0 aliphatic heterocycles. The molecule has 0 saturated carbocycles. The molecule has 2 aromatic rings. The van der Waals surface area contributed by atoms with E-state index in [-0.39, 0.29) is 0 Å². The number of nitrogens with one attached hydrogen (secondary N) is 1. The second-order valence-electron chi connectivity index (χ2n) is 5.19. The van der Waals surface area contributed by atoms with Crippen molar-refractivity contribution in [2.75, 3.05) is 5.32 Å². The maximum Gasteiger partial charge on any atom is 0.412 e. The Labute approximate surface area is 120 Å². The van der Waals surface area contributed by atoms with Gasteiger partial charge in [-0.15, -0.1) is 0 Å². The van der Waals surface area contributed by atoms with Crippen molar-refractivity contribution >= 4 is 38.6 Å². The first-order valence-corrected chi connectivity index (χ1v) is 6.68. The first-order chi connectivity index (χ1) is 8.83. The lowest BCUT2D eigenvalue weighted by molar-refractivity contribution is 0.0636. The Morgan fingerprint density at radius 3 is 2.74 bits per heavy atom. The van der Waals surface area contributed by atoms with Gasteiger partial charge < -0.3 is 4.74 Å². The molecule has 0 aliphatic carbocycles. The number of pyridine rings is 1. The lowest BCUT2D eigenvalue weighted by Crippen LogP contribution is -2.27. The number of fused-ring (bicyclic) bond motifs is 1. The van der Waals surface area contributed by atoms with Crippen LogP contribution in [0.3, 0.4) is 0 Å². The highest BCUT2D eigenvalue weighted by Crippen LogP contribution is 2.21. The van der Waals surface area contributed by atoms with E-state index in [4.69, 9.17) is 4.74 Å². The van der Waals surface area contributed by atoms with Crippen molar-refractivity contribution < 1.29 is 9.53 Å². The summed E-state index contributed by atoms with van der Waals surface area (Å²) in [7, 11) is 0. The average Bonchev–Trinajstić information content (AvgIpc) is 2.26. The predicted molar refractivity (Wildman–Crippen MR) is 79.3 cm³/mol. The standard InChI is InChI=1S/C14H15BrN2O2/c1-14(2,3)19-13(18)17-11-6-9-4-5-10(15)7-12(9)16-8-11/h4-8H,1-3H3,(H,17,18). The molecule has 0 fully saturated rings. The zero-order chi connectivity index (χ0) is 14.0. The molecule has 0 atom stereocenters. The third kappa shape index (κ3) is 3.92. The Bertz CT molecular complexity index is 620. The number of carbonyl (C=O) groups is 1. The van der Waals surface area contributed by atoms with Crippen molar-refractivity contribution in [2.24, 2.45) is 0 Å². The summed E-state index contributed by atoms with van der Waals surface area (Å²) in [6.45, 7) is 5.47. The molecule has 0 spiro atoms. The largest absolute Gasteiger partial charge is 0.444 e. The molecule has 0 saturated heterocycles. The number of amides is 1. The number of rotatable bonds is 1. The monoisotopic (exact) mass is 322 g/mol. The Hall–Kier alpha value is -1.62. The molecule has 1 aromatic carbocycles. The van der Waals surface area contributed by atoms with Crippen molar-refractivity contribution in [2.45, 2.75) is 26.4 Å². The fraction of sp³-hybridized carbons (Fsp3) is 0.286. The number of carbonyl (C=O) groups excluding carboxylic acids is 1. The Kier molecular flexibility index (Phi) is 3.75. The number of aromatic nitrogens is 1. The number of halogens is 1. The summed E-state index contributed by atoms with van der Waals surface area (Å²) in [5, 5.41) is 3.63. The van der Waals surface area contributed by atoms with E-state index in [1.54, 1.807) is 6.20 Å². The molecule has 1 heterocycles. The van der Waals surface area contributed by atoms with Gasteiger partial charge in [0.25, 0.3) is 0 Å². The van der Waals surface area contributed by atoms with Gasteiger partial charge in [0.2, 0.25) is 0 Å². The van der Waals surface area contributed by atoms with Crippen LogP contribution in [0.2, 0.25) is 0 Å². The summed E-state index contributed by atoms with van der Waals surface area (Å²) in [5.74, 6) is 0. The first kappa shape index (κ1) is 13.8. The van der Waals surface area contributed by atoms with Crippen molar-refractivity contribution in [1.29, 1.82) is 0 Å². The third-order valence-corrected chi connectivity index (χ3v) is 2.78. The van der Waals surface area contributed by atoms with E-state index in [0.717, 1.165) is 15.4 Å². The van der Waals surface area contributed by atoms with Crippen molar-refractivity contribution in [1.82, 2.24) is 4.98 Å². The van der Waals surface area contributed by atoms with Gasteiger partial charge in [-0.3, -0.25) is 10.3 Å². The maximum absolute atomic E-state index is 11.6. The van der Waals surface area contributed by atoms with Crippen LogP contribution in [0.5, 0.6) is 0 Å². The number of ether oxygens (including phenoxy) is 1. The topological polar surface area (TPSA) is 51.2 Å². The van der Waals surface area contributed by atoms with Gasteiger partial charge in [-0.1, -0.05) is 22.0 Å². The normalized spacial score (nSPS) is 11.4. The van der Waals surface area contributed by atoms with Crippen LogP contribution in [-0.2, 0) is 4.74 Å².